The molecule has 0 amide bonds. The fourth-order valence-electron chi connectivity index (χ4n) is 2.85. The summed E-state index contributed by atoms with van der Waals surface area (Å²) in [5.41, 5.74) is 1.31. The molecule has 1 aliphatic heterocycles. The van der Waals surface area contributed by atoms with E-state index in [0.717, 1.165) is 36.6 Å². The van der Waals surface area contributed by atoms with Gasteiger partial charge in [0.25, 0.3) is 0 Å². The Kier molecular flexibility index (Phi) is 10.0. The van der Waals surface area contributed by atoms with Crippen LogP contribution in [0, 0.1) is 11.8 Å². The van der Waals surface area contributed by atoms with Crippen LogP contribution in [-0.2, 0) is 0 Å². The molecule has 1 unspecified atom stereocenters. The van der Waals surface area contributed by atoms with Gasteiger partial charge in [-0.1, -0.05) is 35.8 Å². The third kappa shape index (κ3) is 7.17. The number of guanidine groups is 1. The van der Waals surface area contributed by atoms with Gasteiger partial charge in [-0.2, -0.15) is 0 Å². The molecule has 1 saturated heterocycles. The molecule has 24 heavy (non-hydrogen) atoms. The van der Waals surface area contributed by atoms with E-state index < -0.39 is 0 Å². The van der Waals surface area contributed by atoms with Gasteiger partial charge < -0.3 is 15.5 Å². The van der Waals surface area contributed by atoms with Gasteiger partial charge in [-0.15, -0.1) is 24.0 Å². The molecule has 4 nitrogen and oxygen atoms in total. The van der Waals surface area contributed by atoms with Crippen molar-refractivity contribution in [2.45, 2.75) is 26.7 Å². The fourth-order valence-corrected chi connectivity index (χ4v) is 3.23. The summed E-state index contributed by atoms with van der Waals surface area (Å²) in [6.07, 6.45) is 2.39. The normalized spacial score (nSPS) is 17.8. The molecule has 1 fully saturated rings. The minimum atomic E-state index is 0. The van der Waals surface area contributed by atoms with Gasteiger partial charge in [0.1, 0.15) is 0 Å². The van der Waals surface area contributed by atoms with Crippen LogP contribution < -0.4 is 15.5 Å². The Morgan fingerprint density at radius 1 is 1.38 bits per heavy atom. The number of nitrogens with zero attached hydrogens (tertiary/aromatic N) is 2. The maximum Gasteiger partial charge on any atom is 0.190 e. The van der Waals surface area contributed by atoms with Crippen molar-refractivity contribution in [2.24, 2.45) is 16.8 Å². The zero-order valence-corrected chi connectivity index (χ0v) is 18.8. The van der Waals surface area contributed by atoms with E-state index in [9.17, 15) is 0 Å². The van der Waals surface area contributed by atoms with Crippen LogP contribution in [0.5, 0.6) is 0 Å². The van der Waals surface area contributed by atoms with E-state index in [1.165, 1.54) is 18.5 Å². The molecule has 0 saturated carbocycles. The van der Waals surface area contributed by atoms with E-state index in [1.54, 1.807) is 0 Å². The van der Waals surface area contributed by atoms with Crippen LogP contribution in [0.3, 0.4) is 0 Å². The Hall–Kier alpha value is -0.500. The van der Waals surface area contributed by atoms with Crippen LogP contribution in [0.15, 0.2) is 33.7 Å². The van der Waals surface area contributed by atoms with E-state index in [4.69, 9.17) is 0 Å². The first-order chi connectivity index (χ1) is 11.1. The van der Waals surface area contributed by atoms with Crippen molar-refractivity contribution in [1.82, 2.24) is 10.6 Å². The second kappa shape index (κ2) is 11.2. The van der Waals surface area contributed by atoms with E-state index in [0.29, 0.717) is 11.8 Å². The number of benzene rings is 1. The minimum absolute atomic E-state index is 0. The number of hydrogen-bond acceptors (Lipinski definition) is 2. The van der Waals surface area contributed by atoms with Crippen LogP contribution in [0.4, 0.5) is 5.69 Å². The van der Waals surface area contributed by atoms with Crippen molar-refractivity contribution in [1.29, 1.82) is 0 Å². The quantitative estimate of drug-likeness (QED) is 0.345. The van der Waals surface area contributed by atoms with Gasteiger partial charge in [0.15, 0.2) is 5.96 Å². The largest absolute Gasteiger partial charge is 0.371 e. The Morgan fingerprint density at radius 2 is 2.17 bits per heavy atom. The van der Waals surface area contributed by atoms with Crippen molar-refractivity contribution in [2.75, 3.05) is 38.1 Å². The molecule has 0 bridgehead atoms. The first kappa shape index (κ1) is 21.5. The molecule has 0 aliphatic carbocycles. The molecule has 136 valence electrons. The van der Waals surface area contributed by atoms with E-state index >= 15 is 0 Å². The Labute approximate surface area is 172 Å². The summed E-state index contributed by atoms with van der Waals surface area (Å²) in [5, 5.41) is 6.87. The van der Waals surface area contributed by atoms with Crippen LogP contribution in [-0.4, -0.2) is 39.2 Å². The number of aliphatic imine (C=N–C) groups is 1. The number of nitrogens with one attached hydrogen (secondary N) is 2. The predicted molar refractivity (Wildman–Crippen MR) is 119 cm³/mol. The van der Waals surface area contributed by atoms with Crippen LogP contribution in [0.2, 0.25) is 0 Å². The number of hydrogen-bond donors (Lipinski definition) is 2. The lowest BCUT2D eigenvalue weighted by Crippen LogP contribution is -2.40. The Bertz CT molecular complexity index is 521. The lowest BCUT2D eigenvalue weighted by atomic mass is 10.1. The second-order valence-corrected chi connectivity index (χ2v) is 7.56. The summed E-state index contributed by atoms with van der Waals surface area (Å²) in [7, 11) is 1.84. The van der Waals surface area contributed by atoms with Crippen molar-refractivity contribution in [3.05, 3.63) is 28.7 Å². The molecule has 2 N–H and O–H groups in total. The molecular formula is C18H30BrIN4. The maximum atomic E-state index is 4.31. The monoisotopic (exact) mass is 508 g/mol. The average molecular weight is 509 g/mol. The van der Waals surface area contributed by atoms with Gasteiger partial charge >= 0.3 is 0 Å². The van der Waals surface area contributed by atoms with Gasteiger partial charge in [-0.25, -0.2) is 0 Å². The van der Waals surface area contributed by atoms with Crippen molar-refractivity contribution in [3.8, 4) is 0 Å². The molecule has 1 aliphatic rings. The summed E-state index contributed by atoms with van der Waals surface area (Å²) in [4.78, 5) is 6.77. The maximum absolute atomic E-state index is 4.31. The van der Waals surface area contributed by atoms with Gasteiger partial charge in [0, 0.05) is 43.4 Å². The highest BCUT2D eigenvalue weighted by molar-refractivity contribution is 14.0. The SMILES string of the molecule is CN=C(NCCC(C)C)NCC1CCN(c2cccc(Br)c2)C1.I. The van der Waals surface area contributed by atoms with E-state index in [-0.39, 0.29) is 24.0 Å². The highest BCUT2D eigenvalue weighted by atomic mass is 127. The molecule has 1 heterocycles. The van der Waals surface area contributed by atoms with Gasteiger partial charge in [0.2, 0.25) is 0 Å². The van der Waals surface area contributed by atoms with Gasteiger partial charge in [-0.05, 0) is 42.9 Å². The smallest absolute Gasteiger partial charge is 0.190 e. The number of rotatable bonds is 6. The van der Waals surface area contributed by atoms with Gasteiger partial charge in [-0.3, -0.25) is 4.99 Å². The van der Waals surface area contributed by atoms with E-state index in [2.05, 4.69) is 74.6 Å². The zero-order valence-electron chi connectivity index (χ0n) is 14.9. The average Bonchev–Trinajstić information content (AvgIpc) is 2.99. The highest BCUT2D eigenvalue weighted by Crippen LogP contribution is 2.25. The Morgan fingerprint density at radius 3 is 2.83 bits per heavy atom. The molecule has 1 atom stereocenters. The summed E-state index contributed by atoms with van der Waals surface area (Å²) in [5.74, 6) is 2.30. The molecule has 0 spiro atoms. The summed E-state index contributed by atoms with van der Waals surface area (Å²) >= 11 is 3.55. The van der Waals surface area contributed by atoms with Crippen molar-refractivity contribution in [3.63, 3.8) is 0 Å². The Balaban J connectivity index is 0.00000288. The minimum Gasteiger partial charge on any atom is -0.371 e. The van der Waals surface area contributed by atoms with Crippen molar-refractivity contribution >= 4 is 51.6 Å². The molecule has 1 aromatic carbocycles. The van der Waals surface area contributed by atoms with Crippen molar-refractivity contribution < 1.29 is 0 Å². The van der Waals surface area contributed by atoms with Crippen LogP contribution in [0.1, 0.15) is 26.7 Å². The van der Waals surface area contributed by atoms with E-state index in [1.807, 2.05) is 7.05 Å². The molecule has 0 radical (unpaired) electrons. The predicted octanol–water partition coefficient (Wildman–Crippen LogP) is 4.10. The molecular weight excluding hydrogens is 479 g/mol. The lowest BCUT2D eigenvalue weighted by molar-refractivity contribution is 0.551. The highest BCUT2D eigenvalue weighted by Gasteiger charge is 2.22. The third-order valence-electron chi connectivity index (χ3n) is 4.26. The standard InChI is InChI=1S/C18H29BrN4.HI/c1-14(2)7-9-21-18(20-3)22-12-15-8-10-23(13-15)17-6-4-5-16(19)11-17;/h4-6,11,14-15H,7-10,12-13H2,1-3H3,(H2,20,21,22);1H. The topological polar surface area (TPSA) is 39.7 Å². The second-order valence-electron chi connectivity index (χ2n) is 6.64. The molecule has 0 aromatic heterocycles. The molecule has 2 rings (SSSR count). The van der Waals surface area contributed by atoms with Crippen LogP contribution >= 0.6 is 39.9 Å². The third-order valence-corrected chi connectivity index (χ3v) is 4.75. The fraction of sp³-hybridized carbons (Fsp3) is 0.611. The number of halogens is 2. The summed E-state index contributed by atoms with van der Waals surface area (Å²) in [6.45, 7) is 8.67. The summed E-state index contributed by atoms with van der Waals surface area (Å²) in [6, 6.07) is 8.56. The first-order valence-electron chi connectivity index (χ1n) is 8.53. The van der Waals surface area contributed by atoms with Crippen LogP contribution in [0.25, 0.3) is 0 Å². The number of anilines is 1. The van der Waals surface area contributed by atoms with Gasteiger partial charge in [0.05, 0.1) is 0 Å². The zero-order chi connectivity index (χ0) is 16.7. The lowest BCUT2D eigenvalue weighted by Gasteiger charge is -2.20. The summed E-state index contributed by atoms with van der Waals surface area (Å²) < 4.78 is 1.14. The first-order valence-corrected chi connectivity index (χ1v) is 9.33. The molecule has 6 heteroatoms. The molecule has 1 aromatic rings.